The molecule has 0 saturated carbocycles. The molecule has 1 amide bonds. The number of carbonyl (C=O) groups excluding carboxylic acids is 1. The van der Waals surface area contributed by atoms with Crippen LogP contribution in [0.3, 0.4) is 0 Å². The Labute approximate surface area is 144 Å². The number of unbranched alkanes of at least 4 members (excludes halogenated alkanes) is 1. The highest BCUT2D eigenvalue weighted by molar-refractivity contribution is 7.15. The first-order valence-corrected chi connectivity index (χ1v) is 9.03. The first-order valence-electron chi connectivity index (χ1n) is 8.15. The van der Waals surface area contributed by atoms with Gasteiger partial charge in [-0.3, -0.25) is 9.20 Å². The number of imidazole rings is 1. The second-order valence-electron chi connectivity index (χ2n) is 5.64. The van der Waals surface area contributed by atoms with E-state index in [1.807, 2.05) is 27.8 Å². The summed E-state index contributed by atoms with van der Waals surface area (Å²) >= 11 is 1.44. The van der Waals surface area contributed by atoms with Crippen molar-refractivity contribution in [3.8, 4) is 11.3 Å². The summed E-state index contributed by atoms with van der Waals surface area (Å²) in [4.78, 5) is 20.0. The second-order valence-corrected chi connectivity index (χ2v) is 6.48. The van der Waals surface area contributed by atoms with Crippen molar-refractivity contribution in [1.29, 1.82) is 0 Å². The standard InChI is InChI=1S/C18H20FN3OS/c1-3-5-10-21(4-2)17(23)16-12-24-18-20-15(11-22(16)18)13-6-8-14(19)9-7-13/h6-9,11-12H,3-5,10H2,1-2H3. The normalized spacial score (nSPS) is 11.1. The smallest absolute Gasteiger partial charge is 0.271 e. The number of amides is 1. The van der Waals surface area contributed by atoms with Crippen molar-refractivity contribution in [2.75, 3.05) is 13.1 Å². The van der Waals surface area contributed by atoms with Crippen LogP contribution >= 0.6 is 11.3 Å². The summed E-state index contributed by atoms with van der Waals surface area (Å²) in [5, 5.41) is 1.85. The third-order valence-electron chi connectivity index (χ3n) is 4.02. The molecule has 0 bridgehead atoms. The van der Waals surface area contributed by atoms with Gasteiger partial charge in [-0.2, -0.15) is 0 Å². The predicted octanol–water partition coefficient (Wildman–Crippen LogP) is 4.46. The van der Waals surface area contributed by atoms with Gasteiger partial charge in [0.1, 0.15) is 11.5 Å². The Balaban J connectivity index is 1.92. The molecule has 24 heavy (non-hydrogen) atoms. The third-order valence-corrected chi connectivity index (χ3v) is 4.86. The molecule has 4 nitrogen and oxygen atoms in total. The van der Waals surface area contributed by atoms with Crippen LogP contribution in [0.1, 0.15) is 37.2 Å². The lowest BCUT2D eigenvalue weighted by molar-refractivity contribution is 0.0755. The molecule has 0 aliphatic carbocycles. The number of fused-ring (bicyclic) bond motifs is 1. The Bertz CT molecular complexity index is 838. The number of benzene rings is 1. The van der Waals surface area contributed by atoms with Crippen molar-refractivity contribution < 1.29 is 9.18 Å². The fourth-order valence-electron chi connectivity index (χ4n) is 2.61. The van der Waals surface area contributed by atoms with Gasteiger partial charge in [0.05, 0.1) is 5.69 Å². The van der Waals surface area contributed by atoms with Crippen molar-refractivity contribution >= 4 is 22.2 Å². The van der Waals surface area contributed by atoms with Gasteiger partial charge in [0, 0.05) is 30.2 Å². The topological polar surface area (TPSA) is 37.6 Å². The van der Waals surface area contributed by atoms with E-state index in [2.05, 4.69) is 11.9 Å². The molecule has 2 heterocycles. The van der Waals surface area contributed by atoms with Crippen LogP contribution in [0.25, 0.3) is 16.2 Å². The summed E-state index contributed by atoms with van der Waals surface area (Å²) in [7, 11) is 0. The first-order chi connectivity index (χ1) is 11.6. The SMILES string of the molecule is CCCCN(CC)C(=O)c1csc2nc(-c3ccc(F)cc3)cn12. The highest BCUT2D eigenvalue weighted by Crippen LogP contribution is 2.24. The number of hydrogen-bond acceptors (Lipinski definition) is 3. The highest BCUT2D eigenvalue weighted by Gasteiger charge is 2.19. The van der Waals surface area contributed by atoms with E-state index in [1.54, 1.807) is 12.1 Å². The number of hydrogen-bond donors (Lipinski definition) is 0. The molecule has 0 aliphatic rings. The summed E-state index contributed by atoms with van der Waals surface area (Å²) in [5.41, 5.74) is 2.21. The van der Waals surface area contributed by atoms with Crippen molar-refractivity contribution in [3.05, 3.63) is 47.4 Å². The molecular formula is C18H20FN3OS. The van der Waals surface area contributed by atoms with E-state index in [0.29, 0.717) is 12.2 Å². The number of aromatic nitrogens is 2. The van der Waals surface area contributed by atoms with E-state index in [0.717, 1.165) is 35.6 Å². The lowest BCUT2D eigenvalue weighted by atomic mass is 10.2. The van der Waals surface area contributed by atoms with E-state index in [-0.39, 0.29) is 11.7 Å². The zero-order valence-corrected chi connectivity index (χ0v) is 14.6. The highest BCUT2D eigenvalue weighted by atomic mass is 32.1. The molecule has 1 aromatic carbocycles. The maximum absolute atomic E-state index is 13.1. The van der Waals surface area contributed by atoms with E-state index in [1.165, 1.54) is 23.5 Å². The van der Waals surface area contributed by atoms with Gasteiger partial charge in [0.15, 0.2) is 4.96 Å². The maximum atomic E-state index is 13.1. The Morgan fingerprint density at radius 3 is 2.71 bits per heavy atom. The lowest BCUT2D eigenvalue weighted by Crippen LogP contribution is -2.32. The van der Waals surface area contributed by atoms with Crippen molar-refractivity contribution in [2.45, 2.75) is 26.7 Å². The Morgan fingerprint density at radius 2 is 2.04 bits per heavy atom. The molecule has 0 saturated heterocycles. The monoisotopic (exact) mass is 345 g/mol. The summed E-state index contributed by atoms with van der Waals surface area (Å²) in [6.45, 7) is 5.57. The fraction of sp³-hybridized carbons (Fsp3) is 0.333. The number of rotatable bonds is 6. The van der Waals surface area contributed by atoms with Crippen molar-refractivity contribution in [3.63, 3.8) is 0 Å². The van der Waals surface area contributed by atoms with E-state index in [9.17, 15) is 9.18 Å². The molecule has 0 radical (unpaired) electrons. The fourth-order valence-corrected chi connectivity index (χ4v) is 3.46. The minimum Gasteiger partial charge on any atom is -0.338 e. The van der Waals surface area contributed by atoms with E-state index >= 15 is 0 Å². The van der Waals surface area contributed by atoms with Gasteiger partial charge in [0.25, 0.3) is 5.91 Å². The summed E-state index contributed by atoms with van der Waals surface area (Å²) < 4.78 is 14.9. The molecule has 0 atom stereocenters. The van der Waals surface area contributed by atoms with Crippen LogP contribution in [0, 0.1) is 5.82 Å². The molecule has 3 rings (SSSR count). The minimum atomic E-state index is -0.273. The largest absolute Gasteiger partial charge is 0.338 e. The zero-order chi connectivity index (χ0) is 17.1. The molecule has 0 unspecified atom stereocenters. The first kappa shape index (κ1) is 16.6. The second kappa shape index (κ2) is 7.13. The Kier molecular flexibility index (Phi) is 4.94. The van der Waals surface area contributed by atoms with Crippen LogP contribution in [0.2, 0.25) is 0 Å². The summed E-state index contributed by atoms with van der Waals surface area (Å²) in [6.07, 6.45) is 3.90. The van der Waals surface area contributed by atoms with Gasteiger partial charge in [-0.1, -0.05) is 13.3 Å². The van der Waals surface area contributed by atoms with Crippen molar-refractivity contribution in [1.82, 2.24) is 14.3 Å². The molecule has 2 aromatic heterocycles. The zero-order valence-electron chi connectivity index (χ0n) is 13.8. The predicted molar refractivity (Wildman–Crippen MR) is 94.9 cm³/mol. The van der Waals surface area contributed by atoms with Gasteiger partial charge in [-0.05, 0) is 37.6 Å². The molecule has 0 N–H and O–H groups in total. The number of halogens is 1. The van der Waals surface area contributed by atoms with Crippen LogP contribution in [-0.2, 0) is 0 Å². The van der Waals surface area contributed by atoms with Gasteiger partial charge >= 0.3 is 0 Å². The Morgan fingerprint density at radius 1 is 1.29 bits per heavy atom. The quantitative estimate of drug-likeness (QED) is 0.661. The average molecular weight is 345 g/mol. The average Bonchev–Trinajstić information content (AvgIpc) is 3.16. The number of carbonyl (C=O) groups is 1. The third kappa shape index (κ3) is 3.19. The van der Waals surface area contributed by atoms with Crippen LogP contribution in [-0.4, -0.2) is 33.3 Å². The van der Waals surface area contributed by atoms with Gasteiger partial charge in [-0.25, -0.2) is 9.37 Å². The minimum absolute atomic E-state index is 0.0280. The molecular weight excluding hydrogens is 325 g/mol. The van der Waals surface area contributed by atoms with E-state index < -0.39 is 0 Å². The number of thiazole rings is 1. The molecule has 0 spiro atoms. The summed E-state index contributed by atoms with van der Waals surface area (Å²) in [5.74, 6) is -0.245. The van der Waals surface area contributed by atoms with Gasteiger partial charge in [0.2, 0.25) is 0 Å². The lowest BCUT2D eigenvalue weighted by Gasteiger charge is -2.19. The summed E-state index contributed by atoms with van der Waals surface area (Å²) in [6, 6.07) is 6.22. The van der Waals surface area contributed by atoms with Crippen LogP contribution in [0.5, 0.6) is 0 Å². The van der Waals surface area contributed by atoms with Crippen molar-refractivity contribution in [2.24, 2.45) is 0 Å². The van der Waals surface area contributed by atoms with Crippen LogP contribution in [0.4, 0.5) is 4.39 Å². The molecule has 6 heteroatoms. The van der Waals surface area contributed by atoms with Gasteiger partial charge < -0.3 is 4.90 Å². The van der Waals surface area contributed by atoms with Gasteiger partial charge in [-0.15, -0.1) is 11.3 Å². The molecule has 0 fully saturated rings. The van der Waals surface area contributed by atoms with Crippen LogP contribution in [0.15, 0.2) is 35.8 Å². The molecule has 0 aliphatic heterocycles. The van der Waals surface area contributed by atoms with E-state index in [4.69, 9.17) is 0 Å². The molecule has 126 valence electrons. The van der Waals surface area contributed by atoms with Crippen LogP contribution < -0.4 is 0 Å². The number of nitrogens with zero attached hydrogens (tertiary/aromatic N) is 3. The Hall–Kier alpha value is -2.21. The molecule has 3 aromatic rings. The maximum Gasteiger partial charge on any atom is 0.271 e.